The van der Waals surface area contributed by atoms with Gasteiger partial charge in [0, 0.05) is 32.2 Å². The molecule has 20 heavy (non-hydrogen) atoms. The topological polar surface area (TPSA) is 73.2 Å². The SMILES string of the molecule is C[C@H]1CNCCN1CCS(=O)(=O)c1cccc(C#N)c1. The van der Waals surface area contributed by atoms with Crippen LogP contribution in [-0.4, -0.2) is 51.3 Å². The van der Waals surface area contributed by atoms with Gasteiger partial charge >= 0.3 is 0 Å². The van der Waals surface area contributed by atoms with E-state index in [0.29, 0.717) is 18.2 Å². The van der Waals surface area contributed by atoms with Crippen molar-refractivity contribution in [1.29, 1.82) is 5.26 Å². The van der Waals surface area contributed by atoms with Crippen molar-refractivity contribution in [1.82, 2.24) is 10.2 Å². The number of benzene rings is 1. The third kappa shape index (κ3) is 3.57. The van der Waals surface area contributed by atoms with Gasteiger partial charge in [0.2, 0.25) is 0 Å². The first kappa shape index (κ1) is 15.0. The zero-order valence-corrected chi connectivity index (χ0v) is 12.4. The molecule has 0 saturated carbocycles. The van der Waals surface area contributed by atoms with Crippen molar-refractivity contribution in [3.63, 3.8) is 0 Å². The van der Waals surface area contributed by atoms with E-state index in [4.69, 9.17) is 5.26 Å². The molecule has 108 valence electrons. The van der Waals surface area contributed by atoms with Crippen LogP contribution in [0.2, 0.25) is 0 Å². The van der Waals surface area contributed by atoms with Gasteiger partial charge in [-0.05, 0) is 25.1 Å². The summed E-state index contributed by atoms with van der Waals surface area (Å²) in [6, 6.07) is 8.53. The van der Waals surface area contributed by atoms with E-state index in [-0.39, 0.29) is 10.6 Å². The Hall–Kier alpha value is -1.42. The van der Waals surface area contributed by atoms with Crippen molar-refractivity contribution in [2.24, 2.45) is 0 Å². The lowest BCUT2D eigenvalue weighted by atomic mass is 10.2. The number of nitrogens with zero attached hydrogens (tertiary/aromatic N) is 2. The van der Waals surface area contributed by atoms with E-state index in [1.54, 1.807) is 18.2 Å². The second-order valence-corrected chi connectivity index (χ2v) is 7.16. The Morgan fingerprint density at radius 1 is 1.50 bits per heavy atom. The first-order chi connectivity index (χ1) is 9.53. The molecule has 1 aliphatic heterocycles. The van der Waals surface area contributed by atoms with Crippen LogP contribution in [0.1, 0.15) is 12.5 Å². The first-order valence-corrected chi connectivity index (χ1v) is 8.36. The predicted octanol–water partition coefficient (Wildman–Crippen LogP) is 0.626. The van der Waals surface area contributed by atoms with Crippen LogP contribution in [0.4, 0.5) is 0 Å². The molecular formula is C14H19N3O2S. The smallest absolute Gasteiger partial charge is 0.179 e. The number of nitrogens with one attached hydrogen (secondary N) is 1. The third-order valence-corrected chi connectivity index (χ3v) is 5.30. The highest BCUT2D eigenvalue weighted by Gasteiger charge is 2.21. The minimum Gasteiger partial charge on any atom is -0.314 e. The van der Waals surface area contributed by atoms with Crippen molar-refractivity contribution in [3.05, 3.63) is 29.8 Å². The summed E-state index contributed by atoms with van der Waals surface area (Å²) < 4.78 is 24.6. The molecular weight excluding hydrogens is 274 g/mol. The van der Waals surface area contributed by atoms with E-state index in [0.717, 1.165) is 19.6 Å². The predicted molar refractivity (Wildman–Crippen MR) is 77.1 cm³/mol. The van der Waals surface area contributed by atoms with E-state index < -0.39 is 9.84 Å². The van der Waals surface area contributed by atoms with Gasteiger partial charge in [0.1, 0.15) is 0 Å². The number of piperazine rings is 1. The number of hydrogen-bond acceptors (Lipinski definition) is 5. The summed E-state index contributed by atoms with van der Waals surface area (Å²) in [5.74, 6) is 0.0895. The number of hydrogen-bond donors (Lipinski definition) is 1. The van der Waals surface area contributed by atoms with Gasteiger partial charge in [-0.1, -0.05) is 6.07 Å². The lowest BCUT2D eigenvalue weighted by Gasteiger charge is -2.33. The van der Waals surface area contributed by atoms with Gasteiger partial charge in [0.25, 0.3) is 0 Å². The van der Waals surface area contributed by atoms with E-state index in [1.165, 1.54) is 6.07 Å². The second-order valence-electron chi connectivity index (χ2n) is 5.05. The van der Waals surface area contributed by atoms with Gasteiger partial charge in [-0.25, -0.2) is 8.42 Å². The zero-order valence-electron chi connectivity index (χ0n) is 11.5. The molecule has 0 aliphatic carbocycles. The Labute approximate surface area is 120 Å². The Kier molecular flexibility index (Phi) is 4.76. The zero-order chi connectivity index (χ0) is 14.6. The van der Waals surface area contributed by atoms with Crippen LogP contribution in [0.5, 0.6) is 0 Å². The molecule has 1 atom stereocenters. The lowest BCUT2D eigenvalue weighted by Crippen LogP contribution is -2.50. The van der Waals surface area contributed by atoms with Crippen molar-refractivity contribution < 1.29 is 8.42 Å². The van der Waals surface area contributed by atoms with E-state index >= 15 is 0 Å². The monoisotopic (exact) mass is 293 g/mol. The normalized spacial score (nSPS) is 20.5. The number of rotatable bonds is 4. The molecule has 0 amide bonds. The Morgan fingerprint density at radius 3 is 3.00 bits per heavy atom. The van der Waals surface area contributed by atoms with Crippen molar-refractivity contribution in [3.8, 4) is 6.07 Å². The van der Waals surface area contributed by atoms with Crippen molar-refractivity contribution >= 4 is 9.84 Å². The van der Waals surface area contributed by atoms with Crippen LogP contribution in [0.3, 0.4) is 0 Å². The van der Waals surface area contributed by atoms with Gasteiger partial charge in [0.05, 0.1) is 22.3 Å². The van der Waals surface area contributed by atoms with Crippen molar-refractivity contribution in [2.45, 2.75) is 17.9 Å². The molecule has 1 aliphatic rings. The molecule has 0 unspecified atom stereocenters. The lowest BCUT2D eigenvalue weighted by molar-refractivity contribution is 0.184. The molecule has 2 rings (SSSR count). The molecule has 1 heterocycles. The van der Waals surface area contributed by atoms with Crippen LogP contribution < -0.4 is 5.32 Å². The average Bonchev–Trinajstić information content (AvgIpc) is 2.46. The van der Waals surface area contributed by atoms with E-state index in [1.807, 2.05) is 6.07 Å². The fraction of sp³-hybridized carbons (Fsp3) is 0.500. The number of nitriles is 1. The summed E-state index contributed by atoms with van der Waals surface area (Å²) in [6.45, 7) is 5.28. The Morgan fingerprint density at radius 2 is 2.30 bits per heavy atom. The van der Waals surface area contributed by atoms with Gasteiger partial charge in [-0.3, -0.25) is 4.90 Å². The van der Waals surface area contributed by atoms with Gasteiger partial charge < -0.3 is 5.32 Å². The maximum atomic E-state index is 12.3. The van der Waals surface area contributed by atoms with Crippen LogP contribution in [-0.2, 0) is 9.84 Å². The highest BCUT2D eigenvalue weighted by atomic mass is 32.2. The van der Waals surface area contributed by atoms with Crippen LogP contribution in [0.15, 0.2) is 29.2 Å². The molecule has 1 aromatic rings. The summed E-state index contributed by atoms with van der Waals surface area (Å²) in [7, 11) is -3.33. The molecule has 1 N–H and O–H groups in total. The van der Waals surface area contributed by atoms with Crippen LogP contribution in [0, 0.1) is 11.3 Å². The summed E-state index contributed by atoms with van der Waals surface area (Å²) >= 11 is 0. The molecule has 0 radical (unpaired) electrons. The Balaban J connectivity index is 2.05. The molecule has 0 aromatic heterocycles. The Bertz CT molecular complexity index is 607. The minimum absolute atomic E-state index is 0.0895. The van der Waals surface area contributed by atoms with E-state index in [2.05, 4.69) is 17.1 Å². The molecule has 0 spiro atoms. The maximum absolute atomic E-state index is 12.3. The molecule has 5 nitrogen and oxygen atoms in total. The molecule has 1 aromatic carbocycles. The highest BCUT2D eigenvalue weighted by molar-refractivity contribution is 7.91. The fourth-order valence-electron chi connectivity index (χ4n) is 2.33. The van der Waals surface area contributed by atoms with E-state index in [9.17, 15) is 8.42 Å². The second kappa shape index (κ2) is 6.35. The summed E-state index contributed by atoms with van der Waals surface area (Å²) in [6.07, 6.45) is 0. The van der Waals surface area contributed by atoms with Crippen LogP contribution in [0.25, 0.3) is 0 Å². The highest BCUT2D eigenvalue weighted by Crippen LogP contribution is 2.14. The van der Waals surface area contributed by atoms with Gasteiger partial charge in [-0.2, -0.15) is 5.26 Å². The molecule has 1 saturated heterocycles. The summed E-state index contributed by atoms with van der Waals surface area (Å²) in [5.41, 5.74) is 0.376. The maximum Gasteiger partial charge on any atom is 0.179 e. The standard InChI is InChI=1S/C14H19N3O2S/c1-12-11-16-5-6-17(12)7-8-20(18,19)14-4-2-3-13(9-14)10-15/h2-4,9,12,16H,5-8,11H2,1H3/t12-/m0/s1. The van der Waals surface area contributed by atoms with Crippen LogP contribution >= 0.6 is 0 Å². The third-order valence-electron chi connectivity index (χ3n) is 3.61. The molecule has 0 bridgehead atoms. The quantitative estimate of drug-likeness (QED) is 0.881. The van der Waals surface area contributed by atoms with Gasteiger partial charge in [0.15, 0.2) is 9.84 Å². The molecule has 1 fully saturated rings. The summed E-state index contributed by atoms with van der Waals surface area (Å²) in [5, 5.41) is 12.1. The fourth-order valence-corrected chi connectivity index (χ4v) is 3.63. The average molecular weight is 293 g/mol. The first-order valence-electron chi connectivity index (χ1n) is 6.70. The van der Waals surface area contributed by atoms with Gasteiger partial charge in [-0.15, -0.1) is 0 Å². The number of sulfone groups is 1. The van der Waals surface area contributed by atoms with Crippen molar-refractivity contribution in [2.75, 3.05) is 31.9 Å². The largest absolute Gasteiger partial charge is 0.314 e. The minimum atomic E-state index is -3.33. The molecule has 6 heteroatoms. The summed E-state index contributed by atoms with van der Waals surface area (Å²) in [4.78, 5) is 2.42.